The van der Waals surface area contributed by atoms with E-state index in [1.165, 1.54) is 11.1 Å². The first-order valence-electron chi connectivity index (χ1n) is 9.37. The van der Waals surface area contributed by atoms with Gasteiger partial charge in [-0.15, -0.1) is 0 Å². The van der Waals surface area contributed by atoms with Gasteiger partial charge in [0.2, 0.25) is 5.91 Å². The Morgan fingerprint density at radius 3 is 2.77 bits per heavy atom. The van der Waals surface area contributed by atoms with Crippen LogP contribution in [0.5, 0.6) is 0 Å². The van der Waals surface area contributed by atoms with Crippen LogP contribution in [0.25, 0.3) is 0 Å². The van der Waals surface area contributed by atoms with Gasteiger partial charge in [-0.1, -0.05) is 24.3 Å². The van der Waals surface area contributed by atoms with Gasteiger partial charge >= 0.3 is 0 Å². The molecular weight excluding hydrogens is 344 g/mol. The Bertz CT molecular complexity index is 679. The van der Waals surface area contributed by atoms with E-state index in [4.69, 9.17) is 4.42 Å². The summed E-state index contributed by atoms with van der Waals surface area (Å²) < 4.78 is 5.30. The van der Waals surface area contributed by atoms with E-state index in [2.05, 4.69) is 41.4 Å². The fraction of sp³-hybridized carbons (Fsp3) is 0.476. The molecule has 3 rings (SSSR count). The summed E-state index contributed by atoms with van der Waals surface area (Å²) in [5, 5.41) is 3.10. The highest BCUT2D eigenvalue weighted by molar-refractivity contribution is 7.98. The van der Waals surface area contributed by atoms with Crippen LogP contribution in [-0.4, -0.2) is 36.2 Å². The molecule has 1 aliphatic heterocycles. The second-order valence-electron chi connectivity index (χ2n) is 6.90. The third-order valence-electron chi connectivity index (χ3n) is 4.98. The number of aryl methyl sites for hydroxylation is 1. The van der Waals surface area contributed by atoms with Crippen molar-refractivity contribution in [1.29, 1.82) is 0 Å². The number of carbonyl (C=O) groups excluding carboxylic acids is 1. The monoisotopic (exact) mass is 372 g/mol. The van der Waals surface area contributed by atoms with Crippen LogP contribution in [0.4, 0.5) is 0 Å². The van der Waals surface area contributed by atoms with Gasteiger partial charge in [-0.05, 0) is 56.1 Å². The van der Waals surface area contributed by atoms with Crippen LogP contribution in [-0.2, 0) is 17.1 Å². The molecule has 0 bridgehead atoms. The Hall–Kier alpha value is -1.72. The Labute approximate surface area is 160 Å². The highest BCUT2D eigenvalue weighted by atomic mass is 32.2. The molecule has 1 aromatic heterocycles. The number of nitrogens with one attached hydrogen (secondary N) is 1. The molecule has 4 nitrogen and oxygen atoms in total. The van der Waals surface area contributed by atoms with Gasteiger partial charge in [-0.2, -0.15) is 11.8 Å². The molecule has 0 unspecified atom stereocenters. The average Bonchev–Trinajstić information content (AvgIpc) is 3.17. The van der Waals surface area contributed by atoms with Gasteiger partial charge in [0, 0.05) is 24.8 Å². The zero-order valence-electron chi connectivity index (χ0n) is 15.4. The van der Waals surface area contributed by atoms with Crippen LogP contribution in [0, 0.1) is 12.8 Å². The highest BCUT2D eigenvalue weighted by Crippen LogP contribution is 2.20. The van der Waals surface area contributed by atoms with E-state index in [0.717, 1.165) is 56.3 Å². The summed E-state index contributed by atoms with van der Waals surface area (Å²) in [6, 6.07) is 12.4. The van der Waals surface area contributed by atoms with Crippen molar-refractivity contribution in [3.05, 3.63) is 59.5 Å². The maximum atomic E-state index is 12.4. The molecule has 0 aliphatic carbocycles. The van der Waals surface area contributed by atoms with Crippen LogP contribution >= 0.6 is 11.8 Å². The Balaban J connectivity index is 1.31. The molecule has 1 fully saturated rings. The van der Waals surface area contributed by atoms with E-state index in [9.17, 15) is 4.79 Å². The number of thioether (sulfide) groups is 1. The first kappa shape index (κ1) is 19.1. The number of likely N-dealkylation sites (tertiary alicyclic amines) is 1. The number of rotatable bonds is 8. The molecule has 0 radical (unpaired) electrons. The lowest BCUT2D eigenvalue weighted by Gasteiger charge is -2.31. The predicted molar refractivity (Wildman–Crippen MR) is 107 cm³/mol. The van der Waals surface area contributed by atoms with Crippen LogP contribution in [0.15, 0.2) is 47.1 Å². The fourth-order valence-corrected chi connectivity index (χ4v) is 4.10. The molecule has 0 atom stereocenters. The second-order valence-corrected chi connectivity index (χ2v) is 8.01. The lowest BCUT2D eigenvalue weighted by atomic mass is 9.95. The summed E-state index contributed by atoms with van der Waals surface area (Å²) in [7, 11) is 0. The quantitative estimate of drug-likeness (QED) is 0.715. The Morgan fingerprint density at radius 2 is 2.04 bits per heavy atom. The summed E-state index contributed by atoms with van der Waals surface area (Å²) in [6.45, 7) is 5.89. The van der Waals surface area contributed by atoms with Crippen LogP contribution in [0.3, 0.4) is 0 Å². The van der Waals surface area contributed by atoms with Crippen molar-refractivity contribution in [2.75, 3.05) is 25.4 Å². The molecule has 1 N–H and O–H groups in total. The van der Waals surface area contributed by atoms with Crippen molar-refractivity contribution in [1.82, 2.24) is 10.2 Å². The van der Waals surface area contributed by atoms with Gasteiger partial charge in [-0.3, -0.25) is 9.69 Å². The second kappa shape index (κ2) is 9.83. The minimum absolute atomic E-state index is 0.165. The van der Waals surface area contributed by atoms with Gasteiger partial charge in [0.15, 0.2) is 0 Å². The van der Waals surface area contributed by atoms with E-state index in [0.29, 0.717) is 0 Å². The summed E-state index contributed by atoms with van der Waals surface area (Å²) in [5.74, 6) is 3.15. The number of benzene rings is 1. The van der Waals surface area contributed by atoms with E-state index in [-0.39, 0.29) is 11.8 Å². The largest absolute Gasteiger partial charge is 0.468 e. The molecule has 1 saturated heterocycles. The van der Waals surface area contributed by atoms with Crippen molar-refractivity contribution in [3.63, 3.8) is 0 Å². The normalized spacial score (nSPS) is 15.9. The maximum Gasteiger partial charge on any atom is 0.223 e. The third-order valence-corrected chi connectivity index (χ3v) is 5.97. The smallest absolute Gasteiger partial charge is 0.223 e. The minimum Gasteiger partial charge on any atom is -0.468 e. The minimum atomic E-state index is 0.165. The number of hydrogen-bond acceptors (Lipinski definition) is 4. The molecule has 140 valence electrons. The SMILES string of the molecule is Cc1ccccc1CN1CCC(C(=O)NCCSCc2ccco2)CC1. The fourth-order valence-electron chi connectivity index (χ4n) is 3.34. The molecule has 0 saturated carbocycles. The molecule has 1 amide bonds. The van der Waals surface area contributed by atoms with Gasteiger partial charge in [0.05, 0.1) is 12.0 Å². The highest BCUT2D eigenvalue weighted by Gasteiger charge is 2.24. The Kier molecular flexibility index (Phi) is 7.21. The zero-order chi connectivity index (χ0) is 18.2. The van der Waals surface area contributed by atoms with Crippen molar-refractivity contribution in [2.24, 2.45) is 5.92 Å². The first-order chi connectivity index (χ1) is 12.7. The Morgan fingerprint density at radius 1 is 1.23 bits per heavy atom. The summed E-state index contributed by atoms with van der Waals surface area (Å²) in [6.07, 6.45) is 3.61. The standard InChI is InChI=1S/C21H28N2O2S/c1-17-5-2-3-6-19(17)15-23-11-8-18(9-12-23)21(24)22-10-14-26-16-20-7-4-13-25-20/h2-7,13,18H,8-12,14-16H2,1H3,(H,22,24). The lowest BCUT2D eigenvalue weighted by Crippen LogP contribution is -2.40. The number of hydrogen-bond donors (Lipinski definition) is 1. The number of carbonyl (C=O) groups is 1. The summed E-state index contributed by atoms with van der Waals surface area (Å²) >= 11 is 1.79. The molecule has 1 aromatic carbocycles. The predicted octanol–water partition coefficient (Wildman–Crippen LogP) is 3.85. The topological polar surface area (TPSA) is 45.5 Å². The maximum absolute atomic E-state index is 12.4. The van der Waals surface area contributed by atoms with Gasteiger partial charge in [-0.25, -0.2) is 0 Å². The molecule has 5 heteroatoms. The van der Waals surface area contributed by atoms with Crippen molar-refractivity contribution in [2.45, 2.75) is 32.1 Å². The van der Waals surface area contributed by atoms with E-state index < -0.39 is 0 Å². The van der Waals surface area contributed by atoms with E-state index in [1.54, 1.807) is 18.0 Å². The number of nitrogens with zero attached hydrogens (tertiary/aromatic N) is 1. The van der Waals surface area contributed by atoms with Gasteiger partial charge < -0.3 is 9.73 Å². The first-order valence-corrected chi connectivity index (χ1v) is 10.5. The van der Waals surface area contributed by atoms with Crippen molar-refractivity contribution < 1.29 is 9.21 Å². The van der Waals surface area contributed by atoms with Crippen LogP contribution in [0.2, 0.25) is 0 Å². The van der Waals surface area contributed by atoms with E-state index in [1.807, 2.05) is 12.1 Å². The van der Waals surface area contributed by atoms with Crippen LogP contribution < -0.4 is 5.32 Å². The average molecular weight is 373 g/mol. The third kappa shape index (κ3) is 5.64. The van der Waals surface area contributed by atoms with E-state index >= 15 is 0 Å². The lowest BCUT2D eigenvalue weighted by molar-refractivity contribution is -0.126. The summed E-state index contributed by atoms with van der Waals surface area (Å²) in [4.78, 5) is 14.8. The zero-order valence-corrected chi connectivity index (χ0v) is 16.3. The van der Waals surface area contributed by atoms with Gasteiger partial charge in [0.1, 0.15) is 5.76 Å². The number of amides is 1. The van der Waals surface area contributed by atoms with Crippen LogP contribution in [0.1, 0.15) is 29.7 Å². The number of piperidine rings is 1. The van der Waals surface area contributed by atoms with Gasteiger partial charge in [0.25, 0.3) is 0 Å². The molecule has 2 aromatic rings. The summed E-state index contributed by atoms with van der Waals surface area (Å²) in [5.41, 5.74) is 2.74. The molecule has 26 heavy (non-hydrogen) atoms. The number of furan rings is 1. The van der Waals surface area contributed by atoms with Crippen molar-refractivity contribution >= 4 is 17.7 Å². The molecular formula is C21H28N2O2S. The van der Waals surface area contributed by atoms with Crippen molar-refractivity contribution in [3.8, 4) is 0 Å². The molecule has 0 spiro atoms. The molecule has 2 heterocycles. The molecule has 1 aliphatic rings.